The molecule has 0 radical (unpaired) electrons. The van der Waals surface area contributed by atoms with Gasteiger partial charge in [0.05, 0.1) is 5.69 Å². The summed E-state index contributed by atoms with van der Waals surface area (Å²) < 4.78 is 0. The molecule has 0 unspecified atom stereocenters. The molecular formula is C12H11N3O. The molecule has 4 heteroatoms. The average molecular weight is 213 g/mol. The maximum Gasteiger partial charge on any atom is 0.265 e. The molecule has 0 fully saturated rings. The number of nitrogens with zero attached hydrogens (tertiary/aromatic N) is 1. The Hall–Kier alpha value is -2.20. The molecule has 16 heavy (non-hydrogen) atoms. The molecule has 2 rings (SSSR count). The highest BCUT2D eigenvalue weighted by molar-refractivity contribution is 5.94. The molecule has 0 aliphatic carbocycles. The largest absolute Gasteiger partial charge is 0.290 e. The number of rotatable bonds is 2. The maximum absolute atomic E-state index is 11.3. The van der Waals surface area contributed by atoms with Crippen LogP contribution < -0.4 is 11.3 Å². The monoisotopic (exact) mass is 213 g/mol. The summed E-state index contributed by atoms with van der Waals surface area (Å²) in [7, 11) is 0. The number of hydrazine groups is 1. The summed E-state index contributed by atoms with van der Waals surface area (Å²) in [4.78, 5) is 15.6. The zero-order chi connectivity index (χ0) is 11.4. The molecule has 80 valence electrons. The van der Waals surface area contributed by atoms with E-state index in [2.05, 4.69) is 10.4 Å². The van der Waals surface area contributed by atoms with Crippen molar-refractivity contribution < 1.29 is 4.79 Å². The number of aromatic nitrogens is 1. The van der Waals surface area contributed by atoms with Crippen molar-refractivity contribution in [2.24, 2.45) is 5.84 Å². The summed E-state index contributed by atoms with van der Waals surface area (Å²) in [6, 6.07) is 12.8. The normalized spacial score (nSPS) is 9.81. The smallest absolute Gasteiger partial charge is 0.265 e. The lowest BCUT2D eigenvalue weighted by Crippen LogP contribution is -2.29. The Morgan fingerprint density at radius 1 is 1.19 bits per heavy atom. The molecule has 1 aromatic carbocycles. The Morgan fingerprint density at radius 2 is 2.06 bits per heavy atom. The fraction of sp³-hybridized carbons (Fsp3) is 0. The second-order valence-corrected chi connectivity index (χ2v) is 3.27. The van der Waals surface area contributed by atoms with Crippen LogP contribution in [0.2, 0.25) is 0 Å². The highest BCUT2D eigenvalue weighted by Crippen LogP contribution is 2.17. The highest BCUT2D eigenvalue weighted by Gasteiger charge is 2.05. The van der Waals surface area contributed by atoms with Gasteiger partial charge in [-0.05, 0) is 24.3 Å². The van der Waals surface area contributed by atoms with E-state index in [4.69, 9.17) is 5.84 Å². The number of nitrogens with two attached hydrogens (primary N) is 1. The fourth-order valence-electron chi connectivity index (χ4n) is 1.44. The number of carbonyl (C=O) groups is 1. The van der Waals surface area contributed by atoms with Crippen LogP contribution in [0.5, 0.6) is 0 Å². The van der Waals surface area contributed by atoms with E-state index in [9.17, 15) is 4.79 Å². The predicted molar refractivity (Wildman–Crippen MR) is 61.3 cm³/mol. The van der Waals surface area contributed by atoms with Gasteiger partial charge >= 0.3 is 0 Å². The molecule has 1 heterocycles. The molecule has 3 N–H and O–H groups in total. The van der Waals surface area contributed by atoms with Gasteiger partial charge < -0.3 is 0 Å². The third kappa shape index (κ3) is 2.07. The van der Waals surface area contributed by atoms with Crippen LogP contribution in [-0.2, 0) is 0 Å². The van der Waals surface area contributed by atoms with Gasteiger partial charge in [-0.1, -0.05) is 18.2 Å². The number of hydrogen-bond donors (Lipinski definition) is 2. The standard InChI is InChI=1S/C12H11N3O/c13-15-12(16)10-5-3-4-9(8-10)11-6-1-2-7-14-11/h1-8H,13H2,(H,15,16). The van der Waals surface area contributed by atoms with Crippen molar-refractivity contribution in [3.05, 3.63) is 54.2 Å². The lowest BCUT2D eigenvalue weighted by atomic mass is 10.1. The van der Waals surface area contributed by atoms with Gasteiger partial charge in [0.25, 0.3) is 5.91 Å². The molecule has 0 saturated heterocycles. The SMILES string of the molecule is NNC(=O)c1cccc(-c2ccccn2)c1. The second kappa shape index (κ2) is 4.55. The molecule has 2 aromatic rings. The van der Waals surface area contributed by atoms with E-state index in [1.807, 2.05) is 24.3 Å². The van der Waals surface area contributed by atoms with E-state index in [-0.39, 0.29) is 5.91 Å². The Bertz CT molecular complexity index is 497. The Balaban J connectivity index is 2.40. The summed E-state index contributed by atoms with van der Waals surface area (Å²) in [5.41, 5.74) is 4.34. The van der Waals surface area contributed by atoms with Crippen molar-refractivity contribution in [3.8, 4) is 11.3 Å². The van der Waals surface area contributed by atoms with Gasteiger partial charge in [-0.2, -0.15) is 0 Å². The van der Waals surface area contributed by atoms with Crippen molar-refractivity contribution in [1.29, 1.82) is 0 Å². The lowest BCUT2D eigenvalue weighted by Gasteiger charge is -2.03. The van der Waals surface area contributed by atoms with Crippen LogP contribution in [-0.4, -0.2) is 10.9 Å². The molecule has 0 atom stereocenters. The van der Waals surface area contributed by atoms with Crippen LogP contribution in [0.3, 0.4) is 0 Å². The minimum atomic E-state index is -0.308. The summed E-state index contributed by atoms with van der Waals surface area (Å²) in [6.45, 7) is 0. The molecule has 0 aliphatic rings. The van der Waals surface area contributed by atoms with Crippen LogP contribution in [0.15, 0.2) is 48.7 Å². The topological polar surface area (TPSA) is 68.0 Å². The molecule has 1 aromatic heterocycles. The molecule has 0 bridgehead atoms. The van der Waals surface area contributed by atoms with E-state index in [0.29, 0.717) is 5.56 Å². The van der Waals surface area contributed by atoms with Crippen LogP contribution in [0.25, 0.3) is 11.3 Å². The number of benzene rings is 1. The van der Waals surface area contributed by atoms with Gasteiger partial charge in [0.15, 0.2) is 0 Å². The van der Waals surface area contributed by atoms with Gasteiger partial charge in [-0.15, -0.1) is 0 Å². The van der Waals surface area contributed by atoms with Gasteiger partial charge in [-0.25, -0.2) is 5.84 Å². The fourth-order valence-corrected chi connectivity index (χ4v) is 1.44. The number of nitrogen functional groups attached to an aromatic ring is 1. The van der Waals surface area contributed by atoms with Crippen molar-refractivity contribution in [2.75, 3.05) is 0 Å². The number of pyridine rings is 1. The van der Waals surface area contributed by atoms with E-state index in [1.54, 1.807) is 24.4 Å². The van der Waals surface area contributed by atoms with Crippen molar-refractivity contribution >= 4 is 5.91 Å². The number of amides is 1. The molecular weight excluding hydrogens is 202 g/mol. The van der Waals surface area contributed by atoms with E-state index in [0.717, 1.165) is 11.3 Å². The molecule has 4 nitrogen and oxygen atoms in total. The highest BCUT2D eigenvalue weighted by atomic mass is 16.2. The first-order valence-electron chi connectivity index (χ1n) is 4.83. The second-order valence-electron chi connectivity index (χ2n) is 3.27. The third-order valence-corrected chi connectivity index (χ3v) is 2.22. The molecule has 0 saturated carbocycles. The van der Waals surface area contributed by atoms with Crippen LogP contribution in [0, 0.1) is 0 Å². The average Bonchev–Trinajstić information content (AvgIpc) is 2.39. The summed E-state index contributed by atoms with van der Waals surface area (Å²) in [6.07, 6.45) is 1.71. The zero-order valence-corrected chi connectivity index (χ0v) is 8.55. The summed E-state index contributed by atoms with van der Waals surface area (Å²) >= 11 is 0. The molecule has 1 amide bonds. The van der Waals surface area contributed by atoms with E-state index in [1.165, 1.54) is 0 Å². The van der Waals surface area contributed by atoms with Gasteiger partial charge in [-0.3, -0.25) is 15.2 Å². The summed E-state index contributed by atoms with van der Waals surface area (Å²) in [5.74, 6) is 4.77. The van der Waals surface area contributed by atoms with Gasteiger partial charge in [0.2, 0.25) is 0 Å². The van der Waals surface area contributed by atoms with Crippen LogP contribution in [0.1, 0.15) is 10.4 Å². The number of nitrogens with one attached hydrogen (secondary N) is 1. The third-order valence-electron chi connectivity index (χ3n) is 2.22. The Labute approximate surface area is 93.1 Å². The lowest BCUT2D eigenvalue weighted by molar-refractivity contribution is 0.0953. The molecule has 0 spiro atoms. The van der Waals surface area contributed by atoms with Gasteiger partial charge in [0.1, 0.15) is 0 Å². The van der Waals surface area contributed by atoms with Crippen molar-refractivity contribution in [3.63, 3.8) is 0 Å². The minimum Gasteiger partial charge on any atom is -0.290 e. The maximum atomic E-state index is 11.3. The quantitative estimate of drug-likeness (QED) is 0.449. The first-order chi connectivity index (χ1) is 7.81. The van der Waals surface area contributed by atoms with Crippen molar-refractivity contribution in [2.45, 2.75) is 0 Å². The predicted octanol–water partition coefficient (Wildman–Crippen LogP) is 1.35. The molecule has 0 aliphatic heterocycles. The minimum absolute atomic E-state index is 0.308. The van der Waals surface area contributed by atoms with Gasteiger partial charge in [0, 0.05) is 17.3 Å². The zero-order valence-electron chi connectivity index (χ0n) is 8.55. The first-order valence-corrected chi connectivity index (χ1v) is 4.83. The van der Waals surface area contributed by atoms with Crippen LogP contribution >= 0.6 is 0 Å². The Kier molecular flexibility index (Phi) is 2.93. The number of hydrogen-bond acceptors (Lipinski definition) is 3. The Morgan fingerprint density at radius 3 is 2.75 bits per heavy atom. The van der Waals surface area contributed by atoms with Crippen molar-refractivity contribution in [1.82, 2.24) is 10.4 Å². The van der Waals surface area contributed by atoms with Crippen LogP contribution in [0.4, 0.5) is 0 Å². The van der Waals surface area contributed by atoms with E-state index >= 15 is 0 Å². The number of carbonyl (C=O) groups excluding carboxylic acids is 1. The summed E-state index contributed by atoms with van der Waals surface area (Å²) in [5, 5.41) is 0. The van der Waals surface area contributed by atoms with E-state index < -0.39 is 0 Å². The first kappa shape index (κ1) is 10.3.